The van der Waals surface area contributed by atoms with Gasteiger partial charge in [0.05, 0.1) is 8.30 Å². The number of esters is 1. The fourth-order valence-corrected chi connectivity index (χ4v) is 3.55. The first-order valence-electron chi connectivity index (χ1n) is 9.82. The van der Waals surface area contributed by atoms with E-state index in [9.17, 15) is 4.79 Å². The first kappa shape index (κ1) is 8.59. The van der Waals surface area contributed by atoms with Crippen LogP contribution >= 0.6 is 0 Å². The number of aromatic amines is 1. The average Bonchev–Trinajstić information content (AvgIpc) is 3.07. The van der Waals surface area contributed by atoms with E-state index in [1.807, 2.05) is 0 Å². The van der Waals surface area contributed by atoms with Gasteiger partial charge in [-0.05, 0) is 25.9 Å². The number of benzene rings is 1. The molecule has 4 rings (SSSR count). The highest BCUT2D eigenvalue weighted by molar-refractivity contribution is 6.04. The maximum Gasteiger partial charge on any atom is 0.340 e. The van der Waals surface area contributed by atoms with E-state index in [1.165, 1.54) is 12.3 Å². The van der Waals surface area contributed by atoms with Crippen LogP contribution in [0.5, 0.6) is 0 Å². The predicted molar refractivity (Wildman–Crippen MR) is 81.3 cm³/mol. The zero-order valence-corrected chi connectivity index (χ0v) is 11.6. The van der Waals surface area contributed by atoms with Gasteiger partial charge in [0.2, 0.25) is 0 Å². The number of piperidine rings is 1. The maximum absolute atomic E-state index is 12.6. The van der Waals surface area contributed by atoms with Gasteiger partial charge in [0.15, 0.2) is 0 Å². The van der Waals surface area contributed by atoms with E-state index in [1.54, 1.807) is 11.0 Å². The Bertz CT molecular complexity index is 849. The first-order chi connectivity index (χ1) is 12.2. The van der Waals surface area contributed by atoms with Crippen LogP contribution in [-0.4, -0.2) is 41.0 Å². The molecule has 1 N–H and O–H groups in total. The third kappa shape index (κ3) is 2.14. The molecule has 2 saturated heterocycles. The average molecular weight is 289 g/mol. The van der Waals surface area contributed by atoms with Gasteiger partial charge in [0, 0.05) is 46.1 Å². The highest BCUT2D eigenvalue weighted by Crippen LogP contribution is 2.35. The summed E-state index contributed by atoms with van der Waals surface area (Å²) in [5.41, 5.74) is 0.818. The Morgan fingerprint density at radius 3 is 3.05 bits per heavy atom. The van der Waals surface area contributed by atoms with E-state index < -0.39 is 12.9 Å². The van der Waals surface area contributed by atoms with Crippen LogP contribution in [-0.2, 0) is 4.74 Å². The van der Waals surface area contributed by atoms with Crippen molar-refractivity contribution in [3.8, 4) is 0 Å². The number of carbonyl (C=O) groups excluding carboxylic acids is 1. The molecule has 0 spiro atoms. The van der Waals surface area contributed by atoms with Gasteiger partial charge in [0.25, 0.3) is 0 Å². The zero-order chi connectivity index (χ0) is 18.6. The molecule has 0 radical (unpaired) electrons. The fourth-order valence-electron chi connectivity index (χ4n) is 3.55. The number of hydrogen-bond donors (Lipinski definition) is 1. The van der Waals surface area contributed by atoms with E-state index >= 15 is 0 Å². The molecule has 3 heterocycles. The molecule has 1 aromatic carbocycles. The molecule has 2 fully saturated rings. The van der Waals surface area contributed by atoms with Crippen LogP contribution in [0.1, 0.15) is 42.9 Å². The third-order valence-corrected chi connectivity index (χ3v) is 4.63. The van der Waals surface area contributed by atoms with Crippen LogP contribution in [0.3, 0.4) is 0 Å². The first-order valence-corrected chi connectivity index (χ1v) is 7.32. The monoisotopic (exact) mass is 289 g/mol. The highest BCUT2D eigenvalue weighted by atomic mass is 16.5. The van der Waals surface area contributed by atoms with E-state index in [4.69, 9.17) is 11.6 Å². The van der Waals surface area contributed by atoms with Gasteiger partial charge in [-0.1, -0.05) is 18.2 Å². The number of para-hydroxylation sites is 1. The Kier molecular flexibility index (Phi) is 2.00. The minimum Gasteiger partial charge on any atom is -0.459 e. The van der Waals surface area contributed by atoms with E-state index in [2.05, 4.69) is 4.98 Å². The molecule has 2 bridgehead atoms. The summed E-state index contributed by atoms with van der Waals surface area (Å²) in [5.74, 6) is -0.493. The summed E-state index contributed by atoms with van der Waals surface area (Å²) < 4.78 is 44.4. The summed E-state index contributed by atoms with van der Waals surface area (Å²) in [5, 5.41) is 0.510. The van der Waals surface area contributed by atoms with Gasteiger partial charge in [-0.2, -0.15) is 0 Å². The Balaban J connectivity index is 1.52. The molecule has 21 heavy (non-hydrogen) atoms. The molecule has 1 unspecified atom stereocenters. The summed E-state index contributed by atoms with van der Waals surface area (Å²) in [6.45, 7) is -2.10. The van der Waals surface area contributed by atoms with E-state index in [-0.39, 0.29) is 30.3 Å². The van der Waals surface area contributed by atoms with Crippen LogP contribution in [0.4, 0.5) is 0 Å². The molecule has 0 aliphatic carbocycles. The molecule has 4 heteroatoms. The number of ether oxygens (including phenoxy) is 1. The molecule has 2 aliphatic heterocycles. The summed E-state index contributed by atoms with van der Waals surface area (Å²) in [6, 6.07) is 3.12. The second-order valence-corrected chi connectivity index (χ2v) is 5.88. The number of hydrogen-bond acceptors (Lipinski definition) is 3. The lowest BCUT2D eigenvalue weighted by Crippen LogP contribution is -2.43. The number of fused-ring (bicyclic) bond motifs is 3. The van der Waals surface area contributed by atoms with Crippen molar-refractivity contribution in [2.75, 3.05) is 6.98 Å². The molecule has 3 atom stereocenters. The number of H-pyrrole nitrogens is 1. The Morgan fingerprint density at radius 2 is 2.29 bits per heavy atom. The number of carbonyl (C=O) groups is 1. The second-order valence-electron chi connectivity index (χ2n) is 5.88. The molecule has 0 amide bonds. The van der Waals surface area contributed by atoms with Gasteiger partial charge in [0.1, 0.15) is 6.10 Å². The van der Waals surface area contributed by atoms with Gasteiger partial charge >= 0.3 is 5.97 Å². The minimum absolute atomic E-state index is 0.0818. The van der Waals surface area contributed by atoms with Crippen LogP contribution in [0.15, 0.2) is 30.4 Å². The predicted octanol–water partition coefficient (Wildman–Crippen LogP) is 2.95. The minimum atomic E-state index is -2.10. The Labute approximate surface area is 131 Å². The molecule has 0 saturated carbocycles. The second kappa shape index (κ2) is 4.88. The summed E-state index contributed by atoms with van der Waals surface area (Å²) in [7, 11) is 0. The van der Waals surface area contributed by atoms with Crippen LogP contribution in [0.2, 0.25) is 0 Å². The molecule has 1 aromatic heterocycles. The molecule has 2 aliphatic rings. The number of rotatable bonds is 2. The number of nitrogens with zero attached hydrogens (tertiary/aromatic N) is 1. The van der Waals surface area contributed by atoms with Crippen molar-refractivity contribution in [3.05, 3.63) is 36.0 Å². The molecular weight excluding hydrogens is 264 g/mol. The number of aromatic nitrogens is 1. The van der Waals surface area contributed by atoms with Crippen LogP contribution in [0.25, 0.3) is 10.9 Å². The van der Waals surface area contributed by atoms with Crippen molar-refractivity contribution in [1.29, 1.82) is 0 Å². The topological polar surface area (TPSA) is 45.3 Å². The van der Waals surface area contributed by atoms with Crippen molar-refractivity contribution in [2.45, 2.75) is 43.9 Å². The summed E-state index contributed by atoms with van der Waals surface area (Å²) in [6.07, 6.45) is 3.88. The highest BCUT2D eigenvalue weighted by Gasteiger charge is 2.40. The van der Waals surface area contributed by atoms with Crippen LogP contribution < -0.4 is 0 Å². The standard InChI is InChI=1S/C17H20N2O2/c1-19-11-6-7-12(19)9-13(8-11)21-17(20)15-10-18-16-5-3-2-4-14(15)16/h2-5,10-13,18H,6-9H2,1H3/t11-,12+,13?/i1D3,2D,5D. The van der Waals surface area contributed by atoms with E-state index in [0.29, 0.717) is 29.3 Å². The van der Waals surface area contributed by atoms with Crippen molar-refractivity contribution in [2.24, 2.45) is 0 Å². The lowest BCUT2D eigenvalue weighted by molar-refractivity contribution is -0.000258. The van der Waals surface area contributed by atoms with Gasteiger partial charge in [-0.25, -0.2) is 4.79 Å². The molecule has 2 aromatic rings. The lowest BCUT2D eigenvalue weighted by Gasteiger charge is -2.35. The zero-order valence-electron chi connectivity index (χ0n) is 16.6. The molecular formula is C17H20N2O2. The normalized spacial score (nSPS) is 33.0. The van der Waals surface area contributed by atoms with Crippen molar-refractivity contribution >= 4 is 16.9 Å². The van der Waals surface area contributed by atoms with Crippen molar-refractivity contribution in [1.82, 2.24) is 9.88 Å². The molecule has 4 nitrogen and oxygen atoms in total. The Morgan fingerprint density at radius 1 is 1.48 bits per heavy atom. The number of nitrogens with one attached hydrogen (secondary N) is 1. The van der Waals surface area contributed by atoms with Crippen LogP contribution in [0, 0.1) is 0 Å². The largest absolute Gasteiger partial charge is 0.459 e. The smallest absolute Gasteiger partial charge is 0.340 e. The third-order valence-electron chi connectivity index (χ3n) is 4.63. The van der Waals surface area contributed by atoms with Gasteiger partial charge in [-0.15, -0.1) is 0 Å². The SMILES string of the molecule is [2H]c1cc([2H])c2[nH]cc(C(=O)OC3C[C@H]4CC[C@@H](C3)N4C([2H])([2H])[2H])c2c1. The Hall–Kier alpha value is -1.81. The quantitative estimate of drug-likeness (QED) is 0.865. The van der Waals surface area contributed by atoms with Crippen molar-refractivity contribution in [3.63, 3.8) is 0 Å². The lowest BCUT2D eigenvalue weighted by atomic mass is 10.0. The maximum atomic E-state index is 12.6. The van der Waals surface area contributed by atoms with Gasteiger partial charge < -0.3 is 14.6 Å². The van der Waals surface area contributed by atoms with E-state index in [0.717, 1.165) is 12.8 Å². The van der Waals surface area contributed by atoms with Gasteiger partial charge in [-0.3, -0.25) is 0 Å². The summed E-state index contributed by atoms with van der Waals surface area (Å²) >= 11 is 0. The molecule has 110 valence electrons. The fraction of sp³-hybridized carbons (Fsp3) is 0.471. The summed E-state index contributed by atoms with van der Waals surface area (Å²) in [4.78, 5) is 17.1. The van der Waals surface area contributed by atoms with Crippen molar-refractivity contribution < 1.29 is 16.4 Å².